The largest absolute Gasteiger partial charge is 0.343 e. The van der Waals surface area contributed by atoms with Crippen LogP contribution in [0, 0.1) is 0 Å². The van der Waals surface area contributed by atoms with Gasteiger partial charge in [-0.3, -0.25) is 9.59 Å². The molecule has 1 N–H and O–H groups in total. The van der Waals surface area contributed by atoms with Crippen LogP contribution in [0.3, 0.4) is 0 Å². The van der Waals surface area contributed by atoms with E-state index in [-0.39, 0.29) is 24.4 Å². The molecule has 100 valence electrons. The van der Waals surface area contributed by atoms with Crippen LogP contribution in [0.5, 0.6) is 0 Å². The number of carbonyl (C=O) groups is 2. The molecule has 4 nitrogen and oxygen atoms in total. The van der Waals surface area contributed by atoms with Crippen molar-refractivity contribution in [3.05, 3.63) is 29.8 Å². The number of amides is 2. The first-order valence-corrected chi connectivity index (χ1v) is 6.96. The van der Waals surface area contributed by atoms with Crippen molar-refractivity contribution in [1.82, 2.24) is 5.32 Å². The number of fused-ring (bicyclic) bond motifs is 1. The van der Waals surface area contributed by atoms with E-state index in [1.54, 1.807) is 6.07 Å². The third-order valence-corrected chi connectivity index (χ3v) is 4.02. The lowest BCUT2D eigenvalue weighted by molar-refractivity contribution is -0.118. The van der Waals surface area contributed by atoms with E-state index in [2.05, 4.69) is 5.32 Å². The van der Waals surface area contributed by atoms with Gasteiger partial charge in [0.25, 0.3) is 5.91 Å². The Labute approximate surface area is 112 Å². The summed E-state index contributed by atoms with van der Waals surface area (Å²) < 4.78 is 0. The highest BCUT2D eigenvalue weighted by Crippen LogP contribution is 2.30. The smallest absolute Gasteiger partial charge is 0.253 e. The van der Waals surface area contributed by atoms with E-state index < -0.39 is 0 Å². The van der Waals surface area contributed by atoms with Crippen LogP contribution in [0.15, 0.2) is 24.3 Å². The lowest BCUT2D eigenvalue weighted by atomic mass is 9.93. The molecule has 0 unspecified atom stereocenters. The molecule has 0 radical (unpaired) electrons. The van der Waals surface area contributed by atoms with Crippen LogP contribution in [0.2, 0.25) is 0 Å². The van der Waals surface area contributed by atoms with E-state index in [9.17, 15) is 9.59 Å². The van der Waals surface area contributed by atoms with Gasteiger partial charge in [0.05, 0.1) is 17.8 Å². The number of hydrogen-bond donors (Lipinski definition) is 1. The van der Waals surface area contributed by atoms with Crippen molar-refractivity contribution in [1.29, 1.82) is 0 Å². The molecule has 1 heterocycles. The number of nitrogens with one attached hydrogen (secondary N) is 1. The van der Waals surface area contributed by atoms with Gasteiger partial charge < -0.3 is 10.2 Å². The van der Waals surface area contributed by atoms with Crippen molar-refractivity contribution in [2.45, 2.75) is 38.1 Å². The van der Waals surface area contributed by atoms with Crippen molar-refractivity contribution in [2.75, 3.05) is 11.4 Å². The Hall–Kier alpha value is -1.84. The number of carbonyl (C=O) groups excluding carboxylic acids is 2. The van der Waals surface area contributed by atoms with Gasteiger partial charge in [-0.05, 0) is 25.0 Å². The van der Waals surface area contributed by atoms with Crippen LogP contribution < -0.4 is 10.2 Å². The molecule has 2 amide bonds. The Morgan fingerprint density at radius 2 is 1.79 bits per heavy atom. The molecule has 1 saturated carbocycles. The first-order valence-electron chi connectivity index (χ1n) is 6.96. The number of hydrogen-bond acceptors (Lipinski definition) is 2. The van der Waals surface area contributed by atoms with Crippen molar-refractivity contribution in [2.24, 2.45) is 0 Å². The van der Waals surface area contributed by atoms with E-state index in [1.807, 2.05) is 23.1 Å². The fourth-order valence-electron chi connectivity index (χ4n) is 3.09. The molecule has 3 rings (SSSR count). The lowest BCUT2D eigenvalue weighted by Crippen LogP contribution is -2.44. The molecule has 1 aliphatic heterocycles. The Balaban J connectivity index is 2.02. The highest BCUT2D eigenvalue weighted by molar-refractivity contribution is 6.09. The number of para-hydroxylation sites is 1. The van der Waals surface area contributed by atoms with Crippen LogP contribution in [0.25, 0.3) is 0 Å². The maximum atomic E-state index is 12.3. The predicted octanol–water partition coefficient (Wildman–Crippen LogP) is 2.10. The van der Waals surface area contributed by atoms with Gasteiger partial charge in [0.2, 0.25) is 5.91 Å². The molecule has 0 atom stereocenters. The van der Waals surface area contributed by atoms with Crippen LogP contribution >= 0.6 is 0 Å². The van der Waals surface area contributed by atoms with Gasteiger partial charge in [0, 0.05) is 6.04 Å². The Kier molecular flexibility index (Phi) is 3.23. The highest BCUT2D eigenvalue weighted by Gasteiger charge is 2.31. The van der Waals surface area contributed by atoms with Gasteiger partial charge in [0.15, 0.2) is 0 Å². The molecule has 0 spiro atoms. The molecule has 4 heteroatoms. The normalized spacial score (nSPS) is 20.7. The van der Waals surface area contributed by atoms with Gasteiger partial charge in [-0.25, -0.2) is 0 Å². The first kappa shape index (κ1) is 12.2. The van der Waals surface area contributed by atoms with E-state index in [0.717, 1.165) is 31.4 Å². The molecular formula is C15H18N2O2. The molecular weight excluding hydrogens is 240 g/mol. The predicted molar refractivity (Wildman–Crippen MR) is 73.1 cm³/mol. The first-order chi connectivity index (χ1) is 9.27. The van der Waals surface area contributed by atoms with Gasteiger partial charge in [-0.2, -0.15) is 0 Å². The zero-order chi connectivity index (χ0) is 13.2. The van der Waals surface area contributed by atoms with Crippen LogP contribution in [0.4, 0.5) is 5.69 Å². The zero-order valence-corrected chi connectivity index (χ0v) is 10.9. The van der Waals surface area contributed by atoms with Crippen LogP contribution in [0.1, 0.15) is 42.5 Å². The summed E-state index contributed by atoms with van der Waals surface area (Å²) in [7, 11) is 0. The summed E-state index contributed by atoms with van der Waals surface area (Å²) in [6, 6.07) is 7.65. The summed E-state index contributed by atoms with van der Waals surface area (Å²) in [6.45, 7) is 0.101. The van der Waals surface area contributed by atoms with Crippen molar-refractivity contribution < 1.29 is 9.59 Å². The minimum absolute atomic E-state index is 0.00481. The molecule has 1 aromatic rings. The monoisotopic (exact) mass is 258 g/mol. The molecule has 1 aromatic carbocycles. The number of nitrogens with zero attached hydrogens (tertiary/aromatic N) is 1. The van der Waals surface area contributed by atoms with Gasteiger partial charge in [0.1, 0.15) is 0 Å². The van der Waals surface area contributed by atoms with Gasteiger partial charge in [-0.1, -0.05) is 31.4 Å². The van der Waals surface area contributed by atoms with Crippen molar-refractivity contribution >= 4 is 17.5 Å². The topological polar surface area (TPSA) is 49.4 Å². The Morgan fingerprint density at radius 1 is 1.05 bits per heavy atom. The molecule has 19 heavy (non-hydrogen) atoms. The van der Waals surface area contributed by atoms with Gasteiger partial charge >= 0.3 is 0 Å². The summed E-state index contributed by atoms with van der Waals surface area (Å²) >= 11 is 0. The van der Waals surface area contributed by atoms with E-state index >= 15 is 0 Å². The lowest BCUT2D eigenvalue weighted by Gasteiger charge is -2.34. The van der Waals surface area contributed by atoms with E-state index in [1.165, 1.54) is 6.42 Å². The van der Waals surface area contributed by atoms with Crippen molar-refractivity contribution in [3.8, 4) is 0 Å². The third-order valence-electron chi connectivity index (χ3n) is 4.02. The van der Waals surface area contributed by atoms with Gasteiger partial charge in [-0.15, -0.1) is 0 Å². The summed E-state index contributed by atoms with van der Waals surface area (Å²) in [5.74, 6) is -0.146. The standard InChI is InChI=1S/C15H18N2O2/c18-14-10-16-15(19)12-8-4-5-9-13(12)17(14)11-6-2-1-3-7-11/h4-5,8-9,11H,1-3,6-7,10H2,(H,16,19). The molecule has 0 bridgehead atoms. The maximum absolute atomic E-state index is 12.3. The molecule has 0 aromatic heterocycles. The molecule has 2 aliphatic rings. The maximum Gasteiger partial charge on any atom is 0.253 e. The van der Waals surface area contributed by atoms with Crippen LogP contribution in [-0.4, -0.2) is 24.4 Å². The average Bonchev–Trinajstić information content (AvgIpc) is 2.58. The molecule has 1 aliphatic carbocycles. The summed E-state index contributed by atoms with van der Waals surface area (Å²) in [6.07, 6.45) is 5.65. The minimum Gasteiger partial charge on any atom is -0.343 e. The van der Waals surface area contributed by atoms with E-state index in [4.69, 9.17) is 0 Å². The molecule has 0 saturated heterocycles. The fraction of sp³-hybridized carbons (Fsp3) is 0.467. The number of anilines is 1. The number of benzene rings is 1. The van der Waals surface area contributed by atoms with Crippen LogP contribution in [-0.2, 0) is 4.79 Å². The third kappa shape index (κ3) is 2.23. The fourth-order valence-corrected chi connectivity index (χ4v) is 3.09. The summed E-state index contributed by atoms with van der Waals surface area (Å²) in [5.41, 5.74) is 1.38. The minimum atomic E-state index is -0.151. The second-order valence-corrected chi connectivity index (χ2v) is 5.26. The zero-order valence-electron chi connectivity index (χ0n) is 10.9. The average molecular weight is 258 g/mol. The highest BCUT2D eigenvalue weighted by atomic mass is 16.2. The second-order valence-electron chi connectivity index (χ2n) is 5.26. The quantitative estimate of drug-likeness (QED) is 0.838. The Morgan fingerprint density at radius 3 is 2.58 bits per heavy atom. The van der Waals surface area contributed by atoms with E-state index in [0.29, 0.717) is 5.56 Å². The SMILES string of the molecule is O=C1NCC(=O)N(C2CCCCC2)c2ccccc21. The summed E-state index contributed by atoms with van der Waals surface area (Å²) in [4.78, 5) is 26.2. The number of rotatable bonds is 1. The molecule has 1 fully saturated rings. The Bertz CT molecular complexity index is 507. The second kappa shape index (κ2) is 5.03. The van der Waals surface area contributed by atoms with Crippen molar-refractivity contribution in [3.63, 3.8) is 0 Å². The summed E-state index contributed by atoms with van der Waals surface area (Å²) in [5, 5.41) is 2.69.